The van der Waals surface area contributed by atoms with E-state index in [1.54, 1.807) is 0 Å². The summed E-state index contributed by atoms with van der Waals surface area (Å²) in [6.45, 7) is 1.94. The molecule has 3 atom stereocenters. The van der Waals surface area contributed by atoms with Crippen LogP contribution in [-0.2, 0) is 0 Å². The SMILES string of the molecule is N#CC1CCCN(C2CCCCCC2O)C1. The molecule has 3 nitrogen and oxygen atoms in total. The first-order chi connectivity index (χ1) is 7.81. The minimum absolute atomic E-state index is 0.167. The summed E-state index contributed by atoms with van der Waals surface area (Å²) in [5.74, 6) is 0.184. The molecule has 2 rings (SSSR count). The van der Waals surface area contributed by atoms with Crippen LogP contribution in [0.1, 0.15) is 44.9 Å². The molecular formula is C13H22N2O. The van der Waals surface area contributed by atoms with Crippen LogP contribution in [0.15, 0.2) is 0 Å². The first kappa shape index (κ1) is 11.9. The monoisotopic (exact) mass is 222 g/mol. The molecule has 0 spiro atoms. The van der Waals surface area contributed by atoms with Crippen molar-refractivity contribution in [2.75, 3.05) is 13.1 Å². The van der Waals surface area contributed by atoms with E-state index >= 15 is 0 Å². The van der Waals surface area contributed by atoms with Crippen LogP contribution in [0, 0.1) is 17.2 Å². The Hall–Kier alpha value is -0.590. The molecule has 90 valence electrons. The smallest absolute Gasteiger partial charge is 0.0695 e. The van der Waals surface area contributed by atoms with Crippen molar-refractivity contribution in [2.24, 2.45) is 5.92 Å². The van der Waals surface area contributed by atoms with Crippen LogP contribution in [0.4, 0.5) is 0 Å². The predicted molar refractivity (Wildman–Crippen MR) is 62.8 cm³/mol. The number of aliphatic hydroxyl groups is 1. The lowest BCUT2D eigenvalue weighted by Gasteiger charge is -2.38. The molecule has 0 bridgehead atoms. The van der Waals surface area contributed by atoms with Crippen LogP contribution in [0.3, 0.4) is 0 Å². The molecule has 1 heterocycles. The Labute approximate surface area is 98.1 Å². The van der Waals surface area contributed by atoms with E-state index in [9.17, 15) is 5.11 Å². The number of likely N-dealkylation sites (tertiary alicyclic amines) is 1. The summed E-state index contributed by atoms with van der Waals surface area (Å²) in [6, 6.07) is 2.70. The third-order valence-corrected chi connectivity index (χ3v) is 4.05. The Balaban J connectivity index is 1.96. The van der Waals surface area contributed by atoms with Gasteiger partial charge in [0, 0.05) is 12.6 Å². The van der Waals surface area contributed by atoms with Crippen molar-refractivity contribution >= 4 is 0 Å². The summed E-state index contributed by atoms with van der Waals surface area (Å²) in [4.78, 5) is 2.37. The minimum atomic E-state index is -0.167. The van der Waals surface area contributed by atoms with Crippen molar-refractivity contribution in [3.8, 4) is 6.07 Å². The molecule has 3 unspecified atom stereocenters. The topological polar surface area (TPSA) is 47.3 Å². The number of rotatable bonds is 1. The first-order valence-corrected chi connectivity index (χ1v) is 6.63. The van der Waals surface area contributed by atoms with Gasteiger partial charge in [0.15, 0.2) is 0 Å². The number of hydrogen-bond acceptors (Lipinski definition) is 3. The van der Waals surface area contributed by atoms with Gasteiger partial charge in [-0.25, -0.2) is 0 Å². The van der Waals surface area contributed by atoms with Gasteiger partial charge in [0.2, 0.25) is 0 Å². The Morgan fingerprint density at radius 2 is 1.88 bits per heavy atom. The van der Waals surface area contributed by atoms with Crippen LogP contribution < -0.4 is 0 Å². The molecule has 1 aliphatic heterocycles. The van der Waals surface area contributed by atoms with E-state index in [0.29, 0.717) is 6.04 Å². The highest BCUT2D eigenvalue weighted by Gasteiger charge is 2.30. The Morgan fingerprint density at radius 1 is 1.06 bits per heavy atom. The second-order valence-corrected chi connectivity index (χ2v) is 5.24. The molecule has 1 saturated carbocycles. The molecule has 1 saturated heterocycles. The average molecular weight is 222 g/mol. The van der Waals surface area contributed by atoms with Gasteiger partial charge in [0.1, 0.15) is 0 Å². The number of nitrogens with zero attached hydrogens (tertiary/aromatic N) is 2. The molecule has 1 N–H and O–H groups in total. The van der Waals surface area contributed by atoms with Gasteiger partial charge in [0.05, 0.1) is 18.1 Å². The van der Waals surface area contributed by atoms with E-state index in [0.717, 1.165) is 45.2 Å². The largest absolute Gasteiger partial charge is 0.391 e. The van der Waals surface area contributed by atoms with Gasteiger partial charge in [-0.15, -0.1) is 0 Å². The number of piperidine rings is 1. The summed E-state index contributed by atoms with van der Waals surface area (Å²) in [5, 5.41) is 19.1. The molecule has 16 heavy (non-hydrogen) atoms. The van der Waals surface area contributed by atoms with E-state index < -0.39 is 0 Å². The highest BCUT2D eigenvalue weighted by Crippen LogP contribution is 2.26. The maximum atomic E-state index is 10.1. The zero-order valence-electron chi connectivity index (χ0n) is 9.94. The van der Waals surface area contributed by atoms with Crippen molar-refractivity contribution in [3.05, 3.63) is 0 Å². The summed E-state index contributed by atoms with van der Waals surface area (Å²) >= 11 is 0. The van der Waals surface area contributed by atoms with Crippen molar-refractivity contribution in [2.45, 2.75) is 57.1 Å². The van der Waals surface area contributed by atoms with Crippen LogP contribution in [-0.4, -0.2) is 35.2 Å². The van der Waals surface area contributed by atoms with Crippen molar-refractivity contribution in [1.82, 2.24) is 4.90 Å². The van der Waals surface area contributed by atoms with Gasteiger partial charge in [-0.3, -0.25) is 4.90 Å². The van der Waals surface area contributed by atoms with Crippen LogP contribution in [0.2, 0.25) is 0 Å². The molecule has 0 aromatic carbocycles. The van der Waals surface area contributed by atoms with Crippen LogP contribution in [0.5, 0.6) is 0 Å². The zero-order chi connectivity index (χ0) is 11.4. The van der Waals surface area contributed by atoms with Gasteiger partial charge in [-0.2, -0.15) is 5.26 Å². The van der Waals surface area contributed by atoms with Crippen LogP contribution in [0.25, 0.3) is 0 Å². The number of aliphatic hydroxyl groups excluding tert-OH is 1. The molecule has 0 amide bonds. The van der Waals surface area contributed by atoms with E-state index in [-0.39, 0.29) is 12.0 Å². The van der Waals surface area contributed by atoms with E-state index in [1.807, 2.05) is 0 Å². The molecule has 2 aliphatic rings. The lowest BCUT2D eigenvalue weighted by atomic mass is 9.95. The van der Waals surface area contributed by atoms with Gasteiger partial charge in [-0.1, -0.05) is 19.3 Å². The van der Waals surface area contributed by atoms with E-state index in [1.165, 1.54) is 12.8 Å². The highest BCUT2D eigenvalue weighted by atomic mass is 16.3. The molecule has 3 heteroatoms. The van der Waals surface area contributed by atoms with Crippen LogP contribution >= 0.6 is 0 Å². The lowest BCUT2D eigenvalue weighted by Crippen LogP contribution is -2.47. The fraction of sp³-hybridized carbons (Fsp3) is 0.923. The van der Waals surface area contributed by atoms with E-state index in [4.69, 9.17) is 5.26 Å². The van der Waals surface area contributed by atoms with Crippen molar-refractivity contribution in [3.63, 3.8) is 0 Å². The normalized spacial score (nSPS) is 37.6. The van der Waals surface area contributed by atoms with Crippen molar-refractivity contribution < 1.29 is 5.11 Å². The van der Waals surface area contributed by atoms with Crippen molar-refractivity contribution in [1.29, 1.82) is 5.26 Å². The van der Waals surface area contributed by atoms with E-state index in [2.05, 4.69) is 11.0 Å². The molecule has 0 aromatic heterocycles. The first-order valence-electron chi connectivity index (χ1n) is 6.63. The maximum Gasteiger partial charge on any atom is 0.0695 e. The predicted octanol–water partition coefficient (Wildman–Crippen LogP) is 1.92. The molecule has 0 aromatic rings. The summed E-state index contributed by atoms with van der Waals surface area (Å²) in [5.41, 5.74) is 0. The Bertz CT molecular complexity index is 261. The molecular weight excluding hydrogens is 200 g/mol. The average Bonchev–Trinajstić information content (AvgIpc) is 2.54. The number of hydrogen-bond donors (Lipinski definition) is 1. The summed E-state index contributed by atoms with van der Waals surface area (Å²) < 4.78 is 0. The second-order valence-electron chi connectivity index (χ2n) is 5.24. The minimum Gasteiger partial charge on any atom is -0.391 e. The summed E-state index contributed by atoms with van der Waals surface area (Å²) in [7, 11) is 0. The fourth-order valence-corrected chi connectivity index (χ4v) is 3.11. The van der Waals surface area contributed by atoms with Gasteiger partial charge in [-0.05, 0) is 32.2 Å². The molecule has 2 fully saturated rings. The lowest BCUT2D eigenvalue weighted by molar-refractivity contribution is 0.0269. The summed E-state index contributed by atoms with van der Waals surface area (Å²) in [6.07, 6.45) is 7.68. The molecule has 1 aliphatic carbocycles. The zero-order valence-corrected chi connectivity index (χ0v) is 9.94. The van der Waals surface area contributed by atoms with Gasteiger partial charge in [0.25, 0.3) is 0 Å². The number of nitriles is 1. The van der Waals surface area contributed by atoms with Gasteiger partial charge >= 0.3 is 0 Å². The second kappa shape index (κ2) is 5.65. The quantitative estimate of drug-likeness (QED) is 0.689. The highest BCUT2D eigenvalue weighted by molar-refractivity contribution is 4.92. The third kappa shape index (κ3) is 2.75. The third-order valence-electron chi connectivity index (χ3n) is 4.05. The Morgan fingerprint density at radius 3 is 2.69 bits per heavy atom. The Kier molecular flexibility index (Phi) is 4.20. The van der Waals surface area contributed by atoms with Gasteiger partial charge < -0.3 is 5.11 Å². The molecule has 0 radical (unpaired) electrons. The standard InChI is InChI=1S/C13H22N2O/c14-9-11-5-4-8-15(10-11)12-6-2-1-3-7-13(12)16/h11-13,16H,1-8,10H2. The fourth-order valence-electron chi connectivity index (χ4n) is 3.11. The maximum absolute atomic E-state index is 10.1.